The molecule has 0 N–H and O–H groups in total. The SMILES string of the molecule is O=C1c2ccccc2[C@H]2N1c1ccc(Br)cc1-c1nc(=O)c(-c3ccccc3)nn12. The van der Waals surface area contributed by atoms with Gasteiger partial charge in [0, 0.05) is 26.7 Å². The predicted molar refractivity (Wildman–Crippen MR) is 116 cm³/mol. The van der Waals surface area contributed by atoms with Crippen molar-refractivity contribution in [3.63, 3.8) is 0 Å². The molecule has 0 fully saturated rings. The molecule has 0 saturated heterocycles. The second-order valence-corrected chi connectivity index (χ2v) is 8.11. The molecule has 0 aliphatic carbocycles. The van der Waals surface area contributed by atoms with Gasteiger partial charge in [0.15, 0.2) is 17.7 Å². The lowest BCUT2D eigenvalue weighted by Crippen LogP contribution is -2.39. The van der Waals surface area contributed by atoms with Gasteiger partial charge in [0.2, 0.25) is 0 Å². The molecule has 2 aliphatic rings. The van der Waals surface area contributed by atoms with Crippen molar-refractivity contribution < 1.29 is 4.79 Å². The van der Waals surface area contributed by atoms with Gasteiger partial charge in [-0.1, -0.05) is 64.5 Å². The molecular formula is C23H13BrN4O2. The Balaban J connectivity index is 1.70. The number of anilines is 1. The first-order valence-electron chi connectivity index (χ1n) is 9.42. The number of benzene rings is 3. The molecule has 0 radical (unpaired) electrons. The number of carbonyl (C=O) groups is 1. The van der Waals surface area contributed by atoms with Crippen molar-refractivity contribution in [3.05, 3.63) is 98.7 Å². The minimum Gasteiger partial charge on any atom is -0.280 e. The van der Waals surface area contributed by atoms with Gasteiger partial charge in [-0.15, -0.1) is 0 Å². The van der Waals surface area contributed by atoms with Gasteiger partial charge in [0.1, 0.15) is 0 Å². The van der Waals surface area contributed by atoms with Crippen molar-refractivity contribution in [1.82, 2.24) is 14.8 Å². The second kappa shape index (κ2) is 6.21. The fourth-order valence-corrected chi connectivity index (χ4v) is 4.57. The van der Waals surface area contributed by atoms with Crippen LogP contribution >= 0.6 is 15.9 Å². The summed E-state index contributed by atoms with van der Waals surface area (Å²) in [7, 11) is 0. The Labute approximate surface area is 179 Å². The number of aromatic nitrogens is 3. The minimum absolute atomic E-state index is 0.0911. The summed E-state index contributed by atoms with van der Waals surface area (Å²) in [5, 5.41) is 4.72. The zero-order valence-electron chi connectivity index (χ0n) is 15.5. The predicted octanol–water partition coefficient (Wildman–Crippen LogP) is 4.26. The van der Waals surface area contributed by atoms with E-state index in [0.29, 0.717) is 28.2 Å². The summed E-state index contributed by atoms with van der Waals surface area (Å²) >= 11 is 3.49. The first kappa shape index (κ1) is 17.3. The van der Waals surface area contributed by atoms with E-state index < -0.39 is 11.7 Å². The molecule has 2 aliphatic heterocycles. The lowest BCUT2D eigenvalue weighted by Gasteiger charge is -2.34. The Morgan fingerprint density at radius 2 is 1.63 bits per heavy atom. The summed E-state index contributed by atoms with van der Waals surface area (Å²) in [5.74, 6) is 0.355. The van der Waals surface area contributed by atoms with Crippen LogP contribution in [0.4, 0.5) is 5.69 Å². The highest BCUT2D eigenvalue weighted by molar-refractivity contribution is 9.10. The number of rotatable bonds is 1. The van der Waals surface area contributed by atoms with Gasteiger partial charge in [-0.25, -0.2) is 4.68 Å². The molecule has 0 unspecified atom stereocenters. The van der Waals surface area contributed by atoms with Gasteiger partial charge >= 0.3 is 0 Å². The molecule has 4 aromatic rings. The van der Waals surface area contributed by atoms with Gasteiger partial charge < -0.3 is 0 Å². The summed E-state index contributed by atoms with van der Waals surface area (Å²) in [6, 6.07) is 22.4. The average molecular weight is 457 g/mol. The van der Waals surface area contributed by atoms with Gasteiger partial charge in [-0.2, -0.15) is 10.1 Å². The minimum atomic E-state index is -0.493. The van der Waals surface area contributed by atoms with Gasteiger partial charge in [-0.05, 0) is 24.3 Å². The zero-order valence-corrected chi connectivity index (χ0v) is 17.1. The zero-order chi connectivity index (χ0) is 20.4. The first-order valence-corrected chi connectivity index (χ1v) is 10.2. The van der Waals surface area contributed by atoms with Crippen molar-refractivity contribution in [1.29, 1.82) is 0 Å². The molecule has 1 atom stereocenters. The van der Waals surface area contributed by atoms with Crippen molar-refractivity contribution in [2.24, 2.45) is 0 Å². The fraction of sp³-hybridized carbons (Fsp3) is 0.0435. The van der Waals surface area contributed by atoms with Gasteiger partial charge in [0.25, 0.3) is 11.5 Å². The van der Waals surface area contributed by atoms with E-state index in [1.807, 2.05) is 72.8 Å². The molecule has 0 spiro atoms. The van der Waals surface area contributed by atoms with E-state index in [1.54, 1.807) is 9.58 Å². The Hall–Kier alpha value is -3.58. The highest BCUT2D eigenvalue weighted by atomic mass is 79.9. The largest absolute Gasteiger partial charge is 0.300 e. The Bertz CT molecular complexity index is 1410. The summed E-state index contributed by atoms with van der Waals surface area (Å²) in [4.78, 5) is 32.4. The summed E-state index contributed by atoms with van der Waals surface area (Å²) in [5.41, 5.74) is 3.42. The van der Waals surface area contributed by atoms with Crippen LogP contribution in [0.2, 0.25) is 0 Å². The third-order valence-corrected chi connectivity index (χ3v) is 6.00. The van der Waals surface area contributed by atoms with E-state index in [4.69, 9.17) is 5.10 Å². The Morgan fingerprint density at radius 3 is 2.47 bits per heavy atom. The van der Waals surface area contributed by atoms with Crippen LogP contribution in [0, 0.1) is 0 Å². The van der Waals surface area contributed by atoms with Crippen LogP contribution in [0.5, 0.6) is 0 Å². The third-order valence-electron chi connectivity index (χ3n) is 5.51. The molecule has 7 heteroatoms. The first-order chi connectivity index (χ1) is 14.6. The molecule has 30 heavy (non-hydrogen) atoms. The fourth-order valence-electron chi connectivity index (χ4n) is 4.21. The number of nitrogens with zero attached hydrogens (tertiary/aromatic N) is 4. The Morgan fingerprint density at radius 1 is 0.867 bits per heavy atom. The van der Waals surface area contributed by atoms with Crippen molar-refractivity contribution in [3.8, 4) is 22.6 Å². The van der Waals surface area contributed by atoms with Crippen molar-refractivity contribution in [2.75, 3.05) is 4.90 Å². The summed E-state index contributed by atoms with van der Waals surface area (Å²) < 4.78 is 2.53. The van der Waals surface area contributed by atoms with Crippen LogP contribution in [0.1, 0.15) is 22.1 Å². The molecule has 144 valence electrons. The number of fused-ring (bicyclic) bond motifs is 8. The van der Waals surface area contributed by atoms with Crippen LogP contribution in [-0.4, -0.2) is 20.7 Å². The van der Waals surface area contributed by atoms with E-state index in [1.165, 1.54) is 0 Å². The van der Waals surface area contributed by atoms with Gasteiger partial charge in [0.05, 0.1) is 5.69 Å². The third kappa shape index (κ3) is 2.29. The standard InChI is InChI=1S/C23H13BrN4O2/c24-14-10-11-18-17(12-14)20-25-21(29)19(13-6-2-1-3-7-13)26-28(20)22-15-8-4-5-9-16(15)23(30)27(18)22/h1-12,22H/t22-/m0/s1. The maximum Gasteiger partial charge on any atom is 0.300 e. The van der Waals surface area contributed by atoms with Crippen LogP contribution in [0.3, 0.4) is 0 Å². The lowest BCUT2D eigenvalue weighted by atomic mass is 10.1. The molecule has 3 aromatic carbocycles. The van der Waals surface area contributed by atoms with Crippen LogP contribution in [0.25, 0.3) is 22.6 Å². The van der Waals surface area contributed by atoms with E-state index in [2.05, 4.69) is 20.9 Å². The van der Waals surface area contributed by atoms with Crippen molar-refractivity contribution >= 4 is 27.5 Å². The van der Waals surface area contributed by atoms with Crippen LogP contribution in [0.15, 0.2) is 82.1 Å². The topological polar surface area (TPSA) is 68.1 Å². The molecule has 1 aromatic heterocycles. The smallest absolute Gasteiger partial charge is 0.280 e. The normalized spacial score (nSPS) is 16.0. The average Bonchev–Trinajstić information content (AvgIpc) is 3.07. The van der Waals surface area contributed by atoms with E-state index in [0.717, 1.165) is 10.0 Å². The maximum atomic E-state index is 13.3. The molecule has 0 bridgehead atoms. The quantitative estimate of drug-likeness (QED) is 0.429. The molecule has 6 nitrogen and oxygen atoms in total. The number of hydrogen-bond donors (Lipinski definition) is 0. The maximum absolute atomic E-state index is 13.3. The van der Waals surface area contributed by atoms with Gasteiger partial charge in [-0.3, -0.25) is 14.5 Å². The van der Waals surface area contributed by atoms with Crippen molar-refractivity contribution in [2.45, 2.75) is 6.17 Å². The monoisotopic (exact) mass is 456 g/mol. The van der Waals surface area contributed by atoms with E-state index in [-0.39, 0.29) is 11.6 Å². The van der Waals surface area contributed by atoms with E-state index in [9.17, 15) is 9.59 Å². The molecular weight excluding hydrogens is 444 g/mol. The highest BCUT2D eigenvalue weighted by Gasteiger charge is 2.44. The number of halogens is 1. The van der Waals surface area contributed by atoms with E-state index >= 15 is 0 Å². The van der Waals surface area contributed by atoms with Crippen LogP contribution in [-0.2, 0) is 0 Å². The molecule has 1 amide bonds. The second-order valence-electron chi connectivity index (χ2n) is 7.20. The van der Waals surface area contributed by atoms with Crippen LogP contribution < -0.4 is 10.5 Å². The lowest BCUT2D eigenvalue weighted by molar-refractivity contribution is 0.0986. The number of carbonyl (C=O) groups excluding carboxylic acids is 1. The highest BCUT2D eigenvalue weighted by Crippen LogP contribution is 2.47. The molecule has 6 rings (SSSR count). The number of amides is 1. The summed E-state index contributed by atoms with van der Waals surface area (Å²) in [6.07, 6.45) is -0.493. The Kier molecular flexibility index (Phi) is 3.58. The molecule has 0 saturated carbocycles. The molecule has 3 heterocycles. The number of hydrogen-bond acceptors (Lipinski definition) is 4. The summed E-state index contributed by atoms with van der Waals surface area (Å²) in [6.45, 7) is 0.